The molecule has 1 saturated heterocycles. The van der Waals surface area contributed by atoms with E-state index >= 15 is 0 Å². The topological polar surface area (TPSA) is 37.8 Å². The molecule has 0 amide bonds. The molecule has 5 nitrogen and oxygen atoms in total. The second kappa shape index (κ2) is 7.54. The summed E-state index contributed by atoms with van der Waals surface area (Å²) in [5, 5.41) is 0. The monoisotopic (exact) mass is 313 g/mol. The summed E-state index contributed by atoms with van der Waals surface area (Å²) >= 11 is 1.52. The van der Waals surface area contributed by atoms with Crippen LogP contribution in [-0.2, 0) is 11.3 Å². The fourth-order valence-corrected chi connectivity index (χ4v) is 3.70. The summed E-state index contributed by atoms with van der Waals surface area (Å²) in [6.45, 7) is 11.6. The predicted octanol–water partition coefficient (Wildman–Crippen LogP) is 1.94. The molecule has 0 spiro atoms. The lowest BCUT2D eigenvalue weighted by Crippen LogP contribution is -2.45. The quantitative estimate of drug-likeness (QED) is 0.769. The molecule has 2 heterocycles. The van der Waals surface area contributed by atoms with Crippen LogP contribution in [0.2, 0.25) is 0 Å². The average molecular weight is 313 g/mol. The Morgan fingerprint density at radius 3 is 2.76 bits per heavy atom. The molecule has 2 rings (SSSR count). The van der Waals surface area contributed by atoms with E-state index in [9.17, 15) is 0 Å². The first-order valence-corrected chi connectivity index (χ1v) is 8.24. The fraction of sp³-hybridized carbons (Fsp3) is 0.800. The first kappa shape index (κ1) is 16.7. The summed E-state index contributed by atoms with van der Waals surface area (Å²) in [5.74, 6) is 0.718. The highest BCUT2D eigenvalue weighted by molar-refractivity contribution is 7.05. The van der Waals surface area contributed by atoms with Gasteiger partial charge in [0.2, 0.25) is 5.88 Å². The van der Waals surface area contributed by atoms with Crippen molar-refractivity contribution < 1.29 is 9.47 Å². The second-order valence-electron chi connectivity index (χ2n) is 6.56. The van der Waals surface area contributed by atoms with Gasteiger partial charge in [-0.05, 0) is 24.0 Å². The number of aromatic nitrogens is 1. The molecule has 0 unspecified atom stereocenters. The molecule has 0 bridgehead atoms. The zero-order valence-electron chi connectivity index (χ0n) is 13.6. The Morgan fingerprint density at radius 2 is 2.14 bits per heavy atom. The van der Waals surface area contributed by atoms with Gasteiger partial charge in [-0.3, -0.25) is 4.90 Å². The molecule has 0 N–H and O–H groups in total. The van der Waals surface area contributed by atoms with Gasteiger partial charge < -0.3 is 14.4 Å². The highest BCUT2D eigenvalue weighted by atomic mass is 32.1. The van der Waals surface area contributed by atoms with Crippen LogP contribution in [0.25, 0.3) is 0 Å². The largest absolute Gasteiger partial charge is 0.480 e. The molecule has 0 radical (unpaired) electrons. The Kier molecular flexibility index (Phi) is 5.98. The number of hydrogen-bond acceptors (Lipinski definition) is 6. The highest BCUT2D eigenvalue weighted by Crippen LogP contribution is 2.22. The van der Waals surface area contributed by atoms with Crippen LogP contribution in [0.3, 0.4) is 0 Å². The van der Waals surface area contributed by atoms with Crippen LogP contribution in [0.5, 0.6) is 5.88 Å². The third-order valence-corrected chi connectivity index (χ3v) is 4.38. The smallest absolute Gasteiger partial charge is 0.225 e. The summed E-state index contributed by atoms with van der Waals surface area (Å²) in [4.78, 5) is 6.12. The number of hydrogen-bond donors (Lipinski definition) is 0. The summed E-state index contributed by atoms with van der Waals surface area (Å²) < 4.78 is 14.8. The van der Waals surface area contributed by atoms with Crippen LogP contribution in [0.15, 0.2) is 6.07 Å². The molecule has 1 fully saturated rings. The summed E-state index contributed by atoms with van der Waals surface area (Å²) in [6.07, 6.45) is 0. The molecule has 0 atom stereocenters. The molecule has 21 heavy (non-hydrogen) atoms. The van der Waals surface area contributed by atoms with Crippen LogP contribution in [0.1, 0.15) is 18.7 Å². The Morgan fingerprint density at radius 1 is 1.43 bits per heavy atom. The van der Waals surface area contributed by atoms with Gasteiger partial charge in [-0.15, -0.1) is 0 Å². The van der Waals surface area contributed by atoms with Gasteiger partial charge in [0, 0.05) is 43.7 Å². The van der Waals surface area contributed by atoms with Crippen LogP contribution < -0.4 is 4.74 Å². The predicted molar refractivity (Wildman–Crippen MR) is 86.0 cm³/mol. The van der Waals surface area contributed by atoms with E-state index in [1.165, 1.54) is 16.4 Å². The van der Waals surface area contributed by atoms with E-state index in [1.807, 2.05) is 6.07 Å². The number of ether oxygens (including phenoxy) is 2. The van der Waals surface area contributed by atoms with Crippen molar-refractivity contribution in [2.75, 3.05) is 53.6 Å². The lowest BCUT2D eigenvalue weighted by atomic mass is 9.92. The Balaban J connectivity index is 1.80. The van der Waals surface area contributed by atoms with Gasteiger partial charge in [0.1, 0.15) is 0 Å². The van der Waals surface area contributed by atoms with Crippen molar-refractivity contribution in [3.63, 3.8) is 0 Å². The molecule has 1 aromatic rings. The Labute approximate surface area is 132 Å². The van der Waals surface area contributed by atoms with E-state index in [2.05, 4.69) is 35.1 Å². The first-order chi connectivity index (χ1) is 9.98. The van der Waals surface area contributed by atoms with Gasteiger partial charge in [-0.2, -0.15) is 4.37 Å². The summed E-state index contributed by atoms with van der Waals surface area (Å²) in [7, 11) is 3.83. The van der Waals surface area contributed by atoms with E-state index < -0.39 is 0 Å². The van der Waals surface area contributed by atoms with Gasteiger partial charge in [-0.25, -0.2) is 0 Å². The van der Waals surface area contributed by atoms with Crippen molar-refractivity contribution in [3.8, 4) is 5.88 Å². The van der Waals surface area contributed by atoms with Crippen molar-refractivity contribution in [3.05, 3.63) is 10.9 Å². The molecule has 120 valence electrons. The normalized spacial score (nSPS) is 17.4. The Hall–Kier alpha value is -0.690. The molecule has 1 aromatic heterocycles. The van der Waals surface area contributed by atoms with Gasteiger partial charge in [0.05, 0.1) is 20.3 Å². The number of rotatable bonds is 7. The van der Waals surface area contributed by atoms with Crippen LogP contribution in [0.4, 0.5) is 0 Å². The van der Waals surface area contributed by atoms with Gasteiger partial charge >= 0.3 is 0 Å². The van der Waals surface area contributed by atoms with E-state index in [1.54, 1.807) is 7.11 Å². The molecule has 0 saturated carbocycles. The maximum atomic E-state index is 5.42. The Bertz CT molecular complexity index is 430. The van der Waals surface area contributed by atoms with Crippen molar-refractivity contribution >= 4 is 11.5 Å². The second-order valence-corrected chi connectivity index (χ2v) is 7.45. The lowest BCUT2D eigenvalue weighted by Gasteiger charge is -2.37. The van der Waals surface area contributed by atoms with Crippen molar-refractivity contribution in [1.29, 1.82) is 0 Å². The minimum Gasteiger partial charge on any atom is -0.480 e. The summed E-state index contributed by atoms with van der Waals surface area (Å²) in [6, 6.07) is 2.02. The molecule has 0 aliphatic carbocycles. The number of nitrogens with zero attached hydrogens (tertiary/aromatic N) is 3. The standard InChI is InChI=1S/C15H27N3O2S/c1-15(2,12-18-5-7-20-8-6-18)11-17(3)10-13-9-14(19-4)16-21-13/h9H,5-8,10-12H2,1-4H3. The van der Waals surface area contributed by atoms with Gasteiger partial charge in [-0.1, -0.05) is 13.8 Å². The van der Waals surface area contributed by atoms with Crippen LogP contribution in [-0.4, -0.2) is 67.7 Å². The van der Waals surface area contributed by atoms with E-state index in [0.29, 0.717) is 0 Å². The van der Waals surface area contributed by atoms with E-state index in [0.717, 1.165) is 51.8 Å². The van der Waals surface area contributed by atoms with E-state index in [4.69, 9.17) is 9.47 Å². The zero-order chi connectivity index (χ0) is 15.3. The first-order valence-electron chi connectivity index (χ1n) is 7.47. The lowest BCUT2D eigenvalue weighted by molar-refractivity contribution is 0.0161. The molecular formula is C15H27N3O2S. The van der Waals surface area contributed by atoms with Crippen molar-refractivity contribution in [1.82, 2.24) is 14.2 Å². The van der Waals surface area contributed by atoms with Crippen LogP contribution in [0, 0.1) is 5.41 Å². The highest BCUT2D eigenvalue weighted by Gasteiger charge is 2.25. The zero-order valence-corrected chi connectivity index (χ0v) is 14.4. The fourth-order valence-electron chi connectivity index (χ4n) is 2.93. The maximum Gasteiger partial charge on any atom is 0.225 e. The molecular weight excluding hydrogens is 286 g/mol. The molecule has 1 aliphatic heterocycles. The van der Waals surface area contributed by atoms with Crippen molar-refractivity contribution in [2.24, 2.45) is 5.41 Å². The molecule has 1 aliphatic rings. The number of methoxy groups -OCH3 is 1. The van der Waals surface area contributed by atoms with Gasteiger partial charge in [0.25, 0.3) is 0 Å². The maximum absolute atomic E-state index is 5.42. The number of morpholine rings is 1. The third-order valence-electron chi connectivity index (χ3n) is 3.63. The van der Waals surface area contributed by atoms with Crippen LogP contribution >= 0.6 is 11.5 Å². The SMILES string of the molecule is COc1cc(CN(C)CC(C)(C)CN2CCOCC2)sn1. The van der Waals surface area contributed by atoms with Crippen molar-refractivity contribution in [2.45, 2.75) is 20.4 Å². The third kappa shape index (κ3) is 5.54. The summed E-state index contributed by atoms with van der Waals surface area (Å²) in [5.41, 5.74) is 0.265. The average Bonchev–Trinajstić information content (AvgIpc) is 2.86. The molecule has 0 aromatic carbocycles. The molecule has 6 heteroatoms. The van der Waals surface area contributed by atoms with Gasteiger partial charge in [0.15, 0.2) is 0 Å². The minimum absolute atomic E-state index is 0.265. The minimum atomic E-state index is 0.265. The van der Waals surface area contributed by atoms with E-state index in [-0.39, 0.29) is 5.41 Å².